The van der Waals surface area contributed by atoms with E-state index in [0.717, 1.165) is 17.1 Å². The molecule has 1 atom stereocenters. The average molecular weight is 294 g/mol. The molecule has 0 bridgehead atoms. The molecular formula is C14H18N2O3S. The topological polar surface area (TPSA) is 64.8 Å². The first-order chi connectivity index (χ1) is 9.56. The van der Waals surface area contributed by atoms with Crippen LogP contribution in [0.5, 0.6) is 11.5 Å². The van der Waals surface area contributed by atoms with Crippen LogP contribution in [0, 0.1) is 0 Å². The SMILES string of the molecule is COc1ccc(CN2C(C(C)=O)=CSC2N)c(OC)c1. The van der Waals surface area contributed by atoms with Crippen LogP contribution in [0.2, 0.25) is 0 Å². The van der Waals surface area contributed by atoms with Crippen LogP contribution < -0.4 is 15.2 Å². The number of thioether (sulfide) groups is 1. The van der Waals surface area contributed by atoms with E-state index in [4.69, 9.17) is 15.2 Å². The van der Waals surface area contributed by atoms with Gasteiger partial charge in [-0.15, -0.1) is 0 Å². The number of Topliss-reactive ketones (excluding diaryl/α,β-unsaturated/α-hetero) is 1. The predicted octanol–water partition coefficient (Wildman–Crippen LogP) is 1.93. The Morgan fingerprint density at radius 1 is 1.40 bits per heavy atom. The van der Waals surface area contributed by atoms with Gasteiger partial charge in [-0.3, -0.25) is 4.79 Å². The summed E-state index contributed by atoms with van der Waals surface area (Å²) in [7, 11) is 3.22. The Hall–Kier alpha value is -1.66. The van der Waals surface area contributed by atoms with Gasteiger partial charge in [-0.05, 0) is 12.1 Å². The maximum Gasteiger partial charge on any atom is 0.176 e. The van der Waals surface area contributed by atoms with Gasteiger partial charge in [-0.1, -0.05) is 11.8 Å². The first-order valence-electron chi connectivity index (χ1n) is 6.16. The summed E-state index contributed by atoms with van der Waals surface area (Å²) in [6.45, 7) is 2.06. The van der Waals surface area contributed by atoms with Crippen LogP contribution in [0.3, 0.4) is 0 Å². The lowest BCUT2D eigenvalue weighted by molar-refractivity contribution is -0.115. The molecule has 108 valence electrons. The van der Waals surface area contributed by atoms with Crippen LogP contribution in [0.25, 0.3) is 0 Å². The molecule has 0 saturated carbocycles. The molecule has 0 fully saturated rings. The van der Waals surface area contributed by atoms with Crippen LogP contribution >= 0.6 is 11.8 Å². The fourth-order valence-electron chi connectivity index (χ4n) is 2.04. The maximum absolute atomic E-state index is 11.6. The Bertz CT molecular complexity index is 545. The van der Waals surface area contributed by atoms with Crippen molar-refractivity contribution in [3.8, 4) is 11.5 Å². The van der Waals surface area contributed by atoms with E-state index >= 15 is 0 Å². The van der Waals surface area contributed by atoms with E-state index < -0.39 is 0 Å². The largest absolute Gasteiger partial charge is 0.497 e. The highest BCUT2D eigenvalue weighted by Gasteiger charge is 2.27. The normalized spacial score (nSPS) is 17.9. The van der Waals surface area contributed by atoms with E-state index in [2.05, 4.69) is 0 Å². The quantitative estimate of drug-likeness (QED) is 0.895. The zero-order chi connectivity index (χ0) is 14.7. The Labute approximate surface area is 122 Å². The number of hydrogen-bond donors (Lipinski definition) is 1. The van der Waals surface area contributed by atoms with Crippen molar-refractivity contribution in [1.29, 1.82) is 0 Å². The van der Waals surface area contributed by atoms with Crippen LogP contribution in [0.4, 0.5) is 0 Å². The molecule has 1 aromatic rings. The molecule has 20 heavy (non-hydrogen) atoms. The monoisotopic (exact) mass is 294 g/mol. The van der Waals surface area contributed by atoms with Crippen molar-refractivity contribution in [3.63, 3.8) is 0 Å². The highest BCUT2D eigenvalue weighted by Crippen LogP contribution is 2.33. The van der Waals surface area contributed by atoms with Crippen molar-refractivity contribution in [2.45, 2.75) is 19.0 Å². The maximum atomic E-state index is 11.6. The zero-order valence-corrected chi connectivity index (χ0v) is 12.6. The lowest BCUT2D eigenvalue weighted by atomic mass is 10.1. The lowest BCUT2D eigenvalue weighted by Gasteiger charge is -2.26. The number of ether oxygens (including phenoxy) is 2. The minimum absolute atomic E-state index is 0.0120. The number of methoxy groups -OCH3 is 2. The number of carbonyl (C=O) groups is 1. The van der Waals surface area contributed by atoms with E-state index in [1.54, 1.807) is 21.1 Å². The summed E-state index contributed by atoms with van der Waals surface area (Å²) < 4.78 is 10.5. The highest BCUT2D eigenvalue weighted by molar-refractivity contribution is 8.02. The number of ketones is 1. The molecule has 1 aliphatic heterocycles. The average Bonchev–Trinajstić information content (AvgIpc) is 2.81. The van der Waals surface area contributed by atoms with Crippen molar-refractivity contribution in [2.24, 2.45) is 5.73 Å². The fourth-order valence-corrected chi connectivity index (χ4v) is 2.94. The second kappa shape index (κ2) is 6.19. The van der Waals surface area contributed by atoms with Gasteiger partial charge in [0.2, 0.25) is 0 Å². The van der Waals surface area contributed by atoms with Crippen LogP contribution in [0.1, 0.15) is 12.5 Å². The molecule has 1 aromatic carbocycles. The number of hydrogen-bond acceptors (Lipinski definition) is 6. The van der Waals surface area contributed by atoms with E-state index in [1.807, 2.05) is 28.5 Å². The summed E-state index contributed by atoms with van der Waals surface area (Å²) in [4.78, 5) is 13.5. The Balaban J connectivity index is 2.25. The zero-order valence-electron chi connectivity index (χ0n) is 11.8. The standard InChI is InChI=1S/C14H18N2O3S/c1-9(17)12-8-20-14(15)16(12)7-10-4-5-11(18-2)6-13(10)19-3/h4-6,8,14H,7,15H2,1-3H3. The summed E-state index contributed by atoms with van der Waals surface area (Å²) in [5.41, 5.74) is 7.37. The molecule has 0 saturated heterocycles. The summed E-state index contributed by atoms with van der Waals surface area (Å²) in [6, 6.07) is 5.61. The molecule has 0 radical (unpaired) electrons. The van der Waals surface area contributed by atoms with Gasteiger partial charge in [0.1, 0.15) is 17.0 Å². The number of nitrogens with two attached hydrogens (primary N) is 1. The molecule has 1 aliphatic rings. The minimum Gasteiger partial charge on any atom is -0.497 e. The molecule has 6 heteroatoms. The third-order valence-corrected chi connectivity index (χ3v) is 4.02. The molecule has 1 heterocycles. The van der Waals surface area contributed by atoms with Crippen molar-refractivity contribution in [3.05, 3.63) is 34.9 Å². The van der Waals surface area contributed by atoms with Gasteiger partial charge in [0.25, 0.3) is 0 Å². The molecular weight excluding hydrogens is 276 g/mol. The lowest BCUT2D eigenvalue weighted by Crippen LogP contribution is -2.36. The van der Waals surface area contributed by atoms with Crippen molar-refractivity contribution < 1.29 is 14.3 Å². The number of benzene rings is 1. The minimum atomic E-state index is -0.249. The van der Waals surface area contributed by atoms with E-state index in [1.165, 1.54) is 11.8 Å². The smallest absolute Gasteiger partial charge is 0.176 e. The molecule has 2 rings (SSSR count). The molecule has 0 aliphatic carbocycles. The van der Waals surface area contributed by atoms with Gasteiger partial charge in [0, 0.05) is 30.5 Å². The molecule has 0 spiro atoms. The first kappa shape index (κ1) is 14.7. The molecule has 0 amide bonds. The molecule has 1 unspecified atom stereocenters. The highest BCUT2D eigenvalue weighted by atomic mass is 32.2. The summed E-state index contributed by atoms with van der Waals surface area (Å²) in [5.74, 6) is 1.46. The van der Waals surface area contributed by atoms with Gasteiger partial charge in [0.15, 0.2) is 5.78 Å². The van der Waals surface area contributed by atoms with Crippen LogP contribution in [0.15, 0.2) is 29.3 Å². The summed E-state index contributed by atoms with van der Waals surface area (Å²) in [6.07, 6.45) is 0. The predicted molar refractivity (Wildman–Crippen MR) is 79.4 cm³/mol. The van der Waals surface area contributed by atoms with Crippen molar-refractivity contribution in [2.75, 3.05) is 14.2 Å². The third kappa shape index (κ3) is 2.91. The van der Waals surface area contributed by atoms with Gasteiger partial charge >= 0.3 is 0 Å². The van der Waals surface area contributed by atoms with Gasteiger partial charge in [0.05, 0.1) is 19.9 Å². The van der Waals surface area contributed by atoms with Gasteiger partial charge < -0.3 is 20.1 Å². The third-order valence-electron chi connectivity index (χ3n) is 3.13. The number of allylic oxidation sites excluding steroid dienone is 1. The van der Waals surface area contributed by atoms with Crippen molar-refractivity contribution in [1.82, 2.24) is 4.90 Å². The second-order valence-electron chi connectivity index (χ2n) is 4.39. The van der Waals surface area contributed by atoms with E-state index in [-0.39, 0.29) is 11.3 Å². The molecule has 5 nitrogen and oxygen atoms in total. The van der Waals surface area contributed by atoms with E-state index in [9.17, 15) is 4.79 Å². The number of carbonyl (C=O) groups excluding carboxylic acids is 1. The Kier molecular flexibility index (Phi) is 4.57. The van der Waals surface area contributed by atoms with Crippen LogP contribution in [-0.2, 0) is 11.3 Å². The van der Waals surface area contributed by atoms with Gasteiger partial charge in [-0.2, -0.15) is 0 Å². The van der Waals surface area contributed by atoms with Gasteiger partial charge in [-0.25, -0.2) is 0 Å². The van der Waals surface area contributed by atoms with E-state index in [0.29, 0.717) is 12.2 Å². The number of nitrogens with zero attached hydrogens (tertiary/aromatic N) is 1. The van der Waals surface area contributed by atoms with Crippen molar-refractivity contribution >= 4 is 17.5 Å². The van der Waals surface area contributed by atoms with Crippen LogP contribution in [-0.4, -0.2) is 30.4 Å². The molecule has 0 aromatic heterocycles. The Morgan fingerprint density at radius 2 is 2.15 bits per heavy atom. The molecule has 2 N–H and O–H groups in total. The Morgan fingerprint density at radius 3 is 2.75 bits per heavy atom. The number of rotatable bonds is 5. The fraction of sp³-hybridized carbons (Fsp3) is 0.357. The summed E-state index contributed by atoms with van der Waals surface area (Å²) >= 11 is 1.44. The second-order valence-corrected chi connectivity index (χ2v) is 5.38. The first-order valence-corrected chi connectivity index (χ1v) is 7.10. The summed E-state index contributed by atoms with van der Waals surface area (Å²) in [5, 5.41) is 1.81.